The van der Waals surface area contributed by atoms with Crippen LogP contribution in [0, 0.1) is 0 Å². The van der Waals surface area contributed by atoms with Crippen LogP contribution in [0.15, 0.2) is 18.2 Å². The van der Waals surface area contributed by atoms with E-state index in [4.69, 9.17) is 0 Å². The molecule has 2 aliphatic rings. The summed E-state index contributed by atoms with van der Waals surface area (Å²) in [5, 5.41) is 10.1. The summed E-state index contributed by atoms with van der Waals surface area (Å²) < 4.78 is 0. The van der Waals surface area contributed by atoms with Gasteiger partial charge in [0, 0.05) is 18.1 Å². The number of benzene rings is 1. The summed E-state index contributed by atoms with van der Waals surface area (Å²) in [7, 11) is 0. The summed E-state index contributed by atoms with van der Waals surface area (Å²) in [6.07, 6.45) is 7.47. The second-order valence-electron chi connectivity index (χ2n) is 6.33. The Morgan fingerprint density at radius 3 is 2.53 bits per heavy atom. The van der Waals surface area contributed by atoms with Gasteiger partial charge in [0.25, 0.3) is 0 Å². The van der Waals surface area contributed by atoms with Crippen LogP contribution in [-0.4, -0.2) is 22.1 Å². The molecule has 1 aliphatic heterocycles. The van der Waals surface area contributed by atoms with Crippen LogP contribution in [0.2, 0.25) is 0 Å². The quantitative estimate of drug-likeness (QED) is 0.823. The molecule has 2 heteroatoms. The van der Waals surface area contributed by atoms with Crippen LogP contribution in [0.1, 0.15) is 63.1 Å². The van der Waals surface area contributed by atoms with E-state index in [1.165, 1.54) is 43.2 Å². The van der Waals surface area contributed by atoms with Crippen molar-refractivity contribution < 1.29 is 5.11 Å². The normalized spacial score (nSPS) is 32.0. The summed E-state index contributed by atoms with van der Waals surface area (Å²) >= 11 is 0. The molecule has 104 valence electrons. The van der Waals surface area contributed by atoms with Gasteiger partial charge >= 0.3 is 0 Å². The highest BCUT2D eigenvalue weighted by Gasteiger charge is 2.34. The monoisotopic (exact) mass is 259 g/mol. The predicted octanol–water partition coefficient (Wildman–Crippen LogP) is 4.03. The molecule has 1 saturated heterocycles. The van der Waals surface area contributed by atoms with Gasteiger partial charge < -0.3 is 5.11 Å². The smallest absolute Gasteiger partial charge is 0.119 e. The Balaban J connectivity index is 1.96. The number of phenolic OH excluding ortho intramolecular Hbond substituents is 1. The molecule has 0 spiro atoms. The average Bonchev–Trinajstić information content (AvgIpc) is 2.39. The van der Waals surface area contributed by atoms with Gasteiger partial charge in [0.2, 0.25) is 0 Å². The summed E-state index contributed by atoms with van der Waals surface area (Å²) in [4.78, 5) is 2.71. The minimum Gasteiger partial charge on any atom is -0.508 e. The number of phenols is 1. The lowest BCUT2D eigenvalue weighted by Crippen LogP contribution is -2.46. The van der Waals surface area contributed by atoms with Crippen LogP contribution < -0.4 is 0 Å². The molecule has 0 aromatic heterocycles. The van der Waals surface area contributed by atoms with E-state index in [-0.39, 0.29) is 0 Å². The molecule has 1 aromatic rings. The molecule has 1 aromatic carbocycles. The molecule has 1 N–H and O–H groups in total. The SMILES string of the molecule is C[C@@H]1CCC[C@H](C)N1C1CCCc2c(O)cccc21. The van der Waals surface area contributed by atoms with E-state index in [0.717, 1.165) is 6.42 Å². The number of likely N-dealkylation sites (tertiary alicyclic amines) is 1. The zero-order valence-electron chi connectivity index (χ0n) is 12.1. The molecule has 1 aliphatic carbocycles. The Kier molecular flexibility index (Phi) is 3.53. The van der Waals surface area contributed by atoms with Crippen LogP contribution in [0.3, 0.4) is 0 Å². The van der Waals surface area contributed by atoms with Gasteiger partial charge in [0.05, 0.1) is 0 Å². The highest BCUT2D eigenvalue weighted by Crippen LogP contribution is 2.42. The number of aromatic hydroxyl groups is 1. The van der Waals surface area contributed by atoms with Crippen LogP contribution >= 0.6 is 0 Å². The lowest BCUT2D eigenvalue weighted by Gasteiger charge is -2.46. The van der Waals surface area contributed by atoms with Crippen molar-refractivity contribution in [2.24, 2.45) is 0 Å². The van der Waals surface area contributed by atoms with Crippen LogP contribution in [0.5, 0.6) is 5.75 Å². The number of rotatable bonds is 1. The largest absolute Gasteiger partial charge is 0.508 e. The summed E-state index contributed by atoms with van der Waals surface area (Å²) in [5.74, 6) is 0.500. The number of hydrogen-bond donors (Lipinski definition) is 1. The third-order valence-corrected chi connectivity index (χ3v) is 5.07. The van der Waals surface area contributed by atoms with E-state index >= 15 is 0 Å². The maximum absolute atomic E-state index is 10.1. The van der Waals surface area contributed by atoms with Crippen LogP contribution in [0.25, 0.3) is 0 Å². The first-order valence-electron chi connectivity index (χ1n) is 7.76. The topological polar surface area (TPSA) is 23.5 Å². The fraction of sp³-hybridized carbons (Fsp3) is 0.647. The van der Waals surface area contributed by atoms with Gasteiger partial charge in [0.15, 0.2) is 0 Å². The molecule has 1 unspecified atom stereocenters. The molecule has 0 amide bonds. The Morgan fingerprint density at radius 2 is 1.79 bits per heavy atom. The molecule has 1 fully saturated rings. The molecular formula is C17H25NO. The van der Waals surface area contributed by atoms with E-state index in [2.05, 4.69) is 24.8 Å². The van der Waals surface area contributed by atoms with E-state index in [1.807, 2.05) is 12.1 Å². The summed E-state index contributed by atoms with van der Waals surface area (Å²) in [5.41, 5.74) is 2.58. The Hall–Kier alpha value is -1.02. The van der Waals surface area contributed by atoms with Gasteiger partial charge in [-0.2, -0.15) is 0 Å². The van der Waals surface area contributed by atoms with Gasteiger partial charge in [-0.1, -0.05) is 18.6 Å². The van der Waals surface area contributed by atoms with Gasteiger partial charge in [-0.3, -0.25) is 4.90 Å². The van der Waals surface area contributed by atoms with E-state index < -0.39 is 0 Å². The van der Waals surface area contributed by atoms with Crippen LogP contribution in [0.4, 0.5) is 0 Å². The van der Waals surface area contributed by atoms with E-state index in [9.17, 15) is 5.11 Å². The van der Waals surface area contributed by atoms with Crippen molar-refractivity contribution >= 4 is 0 Å². The molecule has 2 nitrogen and oxygen atoms in total. The molecule has 0 radical (unpaired) electrons. The van der Waals surface area contributed by atoms with E-state index in [0.29, 0.717) is 23.9 Å². The standard InChI is InChI=1S/C17H25NO/c1-12-6-3-7-13(2)18(12)16-10-4-9-15-14(16)8-5-11-17(15)19/h5,8,11-13,16,19H,3-4,6-7,9-10H2,1-2H3/t12-,13+,16?. The first-order chi connectivity index (χ1) is 9.18. The lowest BCUT2D eigenvalue weighted by atomic mass is 9.83. The van der Waals surface area contributed by atoms with Gasteiger partial charge in [-0.25, -0.2) is 0 Å². The average molecular weight is 259 g/mol. The molecule has 3 atom stereocenters. The molecule has 0 bridgehead atoms. The zero-order valence-corrected chi connectivity index (χ0v) is 12.1. The van der Waals surface area contributed by atoms with Crippen molar-refractivity contribution in [2.45, 2.75) is 70.5 Å². The maximum atomic E-state index is 10.1. The predicted molar refractivity (Wildman–Crippen MR) is 78.4 cm³/mol. The zero-order chi connectivity index (χ0) is 13.4. The second-order valence-corrected chi connectivity index (χ2v) is 6.33. The Morgan fingerprint density at radius 1 is 1.05 bits per heavy atom. The highest BCUT2D eigenvalue weighted by atomic mass is 16.3. The Labute approximate surface area is 116 Å². The first kappa shape index (κ1) is 13.0. The fourth-order valence-corrected chi connectivity index (χ4v) is 4.17. The summed E-state index contributed by atoms with van der Waals surface area (Å²) in [6, 6.07) is 7.92. The molecule has 0 saturated carbocycles. The third-order valence-electron chi connectivity index (χ3n) is 5.07. The maximum Gasteiger partial charge on any atom is 0.119 e. The molecule has 1 heterocycles. The van der Waals surface area contributed by atoms with Crippen molar-refractivity contribution in [1.29, 1.82) is 0 Å². The summed E-state index contributed by atoms with van der Waals surface area (Å²) in [6.45, 7) is 4.74. The number of nitrogens with zero attached hydrogens (tertiary/aromatic N) is 1. The minimum absolute atomic E-state index is 0.500. The minimum atomic E-state index is 0.500. The molecule has 19 heavy (non-hydrogen) atoms. The number of fused-ring (bicyclic) bond motifs is 1. The number of piperidine rings is 1. The van der Waals surface area contributed by atoms with Gasteiger partial charge in [-0.05, 0) is 63.1 Å². The van der Waals surface area contributed by atoms with Gasteiger partial charge in [-0.15, -0.1) is 0 Å². The lowest BCUT2D eigenvalue weighted by molar-refractivity contribution is 0.0458. The van der Waals surface area contributed by atoms with Crippen molar-refractivity contribution in [3.8, 4) is 5.75 Å². The van der Waals surface area contributed by atoms with E-state index in [1.54, 1.807) is 0 Å². The molecule has 3 rings (SSSR count). The fourth-order valence-electron chi connectivity index (χ4n) is 4.17. The van der Waals surface area contributed by atoms with Gasteiger partial charge in [0.1, 0.15) is 5.75 Å². The third kappa shape index (κ3) is 2.27. The highest BCUT2D eigenvalue weighted by molar-refractivity contribution is 5.42. The van der Waals surface area contributed by atoms with Crippen molar-refractivity contribution in [3.63, 3.8) is 0 Å². The van der Waals surface area contributed by atoms with Crippen molar-refractivity contribution in [1.82, 2.24) is 4.90 Å². The number of hydrogen-bond acceptors (Lipinski definition) is 2. The second kappa shape index (κ2) is 5.16. The van der Waals surface area contributed by atoms with Crippen molar-refractivity contribution in [3.05, 3.63) is 29.3 Å². The first-order valence-corrected chi connectivity index (χ1v) is 7.76. The molecular weight excluding hydrogens is 234 g/mol. The van der Waals surface area contributed by atoms with Crippen molar-refractivity contribution in [2.75, 3.05) is 0 Å². The van der Waals surface area contributed by atoms with Crippen LogP contribution in [-0.2, 0) is 6.42 Å². The Bertz CT molecular complexity index is 447.